The molecule has 6 heteroatoms. The summed E-state index contributed by atoms with van der Waals surface area (Å²) in [6.45, 7) is 9.71. The van der Waals surface area contributed by atoms with Gasteiger partial charge in [-0.15, -0.1) is 10.2 Å². The summed E-state index contributed by atoms with van der Waals surface area (Å²) in [4.78, 5) is 5.10. The van der Waals surface area contributed by atoms with Crippen molar-refractivity contribution in [3.8, 4) is 0 Å². The van der Waals surface area contributed by atoms with Gasteiger partial charge in [0.25, 0.3) is 0 Å². The SMILES string of the molecule is Cc1nnc([C@H](C)Nc2cccc(N3CCN(CC4CC4)CC3)c2)o1. The van der Waals surface area contributed by atoms with Crippen LogP contribution < -0.4 is 10.2 Å². The largest absolute Gasteiger partial charge is 0.423 e. The van der Waals surface area contributed by atoms with Gasteiger partial charge in [-0.2, -0.15) is 0 Å². The quantitative estimate of drug-likeness (QED) is 0.871. The van der Waals surface area contributed by atoms with Crippen LogP contribution in [0.4, 0.5) is 11.4 Å². The van der Waals surface area contributed by atoms with Crippen molar-refractivity contribution in [2.24, 2.45) is 5.92 Å². The molecule has 2 aliphatic rings. The molecule has 1 aromatic heterocycles. The molecule has 1 aliphatic carbocycles. The minimum Gasteiger partial charge on any atom is -0.423 e. The number of rotatable bonds is 6. The fourth-order valence-corrected chi connectivity index (χ4v) is 3.45. The van der Waals surface area contributed by atoms with Gasteiger partial charge in [0, 0.05) is 51.0 Å². The van der Waals surface area contributed by atoms with Crippen molar-refractivity contribution in [2.75, 3.05) is 42.9 Å². The zero-order valence-electron chi connectivity index (χ0n) is 15.1. The van der Waals surface area contributed by atoms with Crippen molar-refractivity contribution in [3.05, 3.63) is 36.0 Å². The minimum absolute atomic E-state index is 0.00756. The highest BCUT2D eigenvalue weighted by molar-refractivity contribution is 5.58. The number of piperazine rings is 1. The van der Waals surface area contributed by atoms with Crippen molar-refractivity contribution < 1.29 is 4.42 Å². The van der Waals surface area contributed by atoms with E-state index in [2.05, 4.69) is 49.6 Å². The van der Waals surface area contributed by atoms with E-state index in [0.29, 0.717) is 11.8 Å². The van der Waals surface area contributed by atoms with Crippen LogP contribution in [0.5, 0.6) is 0 Å². The highest BCUT2D eigenvalue weighted by atomic mass is 16.4. The van der Waals surface area contributed by atoms with E-state index >= 15 is 0 Å². The van der Waals surface area contributed by atoms with Crippen LogP contribution in [0, 0.1) is 12.8 Å². The van der Waals surface area contributed by atoms with Crippen LogP contribution in [0.15, 0.2) is 28.7 Å². The van der Waals surface area contributed by atoms with E-state index in [9.17, 15) is 0 Å². The molecule has 1 aromatic carbocycles. The molecular weight excluding hydrogens is 314 g/mol. The van der Waals surface area contributed by atoms with Gasteiger partial charge in [0.1, 0.15) is 6.04 Å². The van der Waals surface area contributed by atoms with E-state index in [1.54, 1.807) is 0 Å². The molecule has 2 fully saturated rings. The van der Waals surface area contributed by atoms with E-state index in [-0.39, 0.29) is 6.04 Å². The number of hydrogen-bond acceptors (Lipinski definition) is 6. The molecule has 1 N–H and O–H groups in total. The van der Waals surface area contributed by atoms with Gasteiger partial charge in [0.05, 0.1) is 0 Å². The molecule has 1 saturated carbocycles. The van der Waals surface area contributed by atoms with Crippen molar-refractivity contribution in [1.82, 2.24) is 15.1 Å². The van der Waals surface area contributed by atoms with Crippen LogP contribution in [-0.2, 0) is 0 Å². The molecule has 0 unspecified atom stereocenters. The summed E-state index contributed by atoms with van der Waals surface area (Å²) in [5.74, 6) is 2.20. The van der Waals surface area contributed by atoms with Crippen LogP contribution in [0.1, 0.15) is 37.6 Å². The van der Waals surface area contributed by atoms with Crippen LogP contribution >= 0.6 is 0 Å². The second-order valence-electron chi connectivity index (χ2n) is 7.31. The molecule has 2 heterocycles. The fraction of sp³-hybridized carbons (Fsp3) is 0.579. The van der Waals surface area contributed by atoms with E-state index in [1.165, 1.54) is 38.2 Å². The predicted octanol–water partition coefficient (Wildman–Crippen LogP) is 3.08. The minimum atomic E-state index is -0.00756. The standard InChI is InChI=1S/C19H27N5O/c1-14(19-22-21-15(2)25-19)20-17-4-3-5-18(12-17)24-10-8-23(9-11-24)13-16-6-7-16/h3-5,12,14,16,20H,6-11,13H2,1-2H3/t14-/m0/s1. The lowest BCUT2D eigenvalue weighted by atomic mass is 10.2. The first-order valence-electron chi connectivity index (χ1n) is 9.31. The van der Waals surface area contributed by atoms with Gasteiger partial charge in [0.15, 0.2) is 0 Å². The van der Waals surface area contributed by atoms with Crippen molar-refractivity contribution in [1.29, 1.82) is 0 Å². The van der Waals surface area contributed by atoms with Gasteiger partial charge in [-0.05, 0) is 43.9 Å². The molecule has 134 valence electrons. The van der Waals surface area contributed by atoms with Crippen molar-refractivity contribution >= 4 is 11.4 Å². The normalized spacial score (nSPS) is 19.8. The predicted molar refractivity (Wildman–Crippen MR) is 98.9 cm³/mol. The summed E-state index contributed by atoms with van der Waals surface area (Å²) >= 11 is 0. The highest BCUT2D eigenvalue weighted by Crippen LogP contribution is 2.30. The molecule has 1 aliphatic heterocycles. The number of aryl methyl sites for hydroxylation is 1. The average molecular weight is 341 g/mol. The summed E-state index contributed by atoms with van der Waals surface area (Å²) in [5.41, 5.74) is 2.37. The Kier molecular flexibility index (Phi) is 4.61. The number of nitrogens with one attached hydrogen (secondary N) is 1. The maximum Gasteiger partial charge on any atom is 0.238 e. The third-order valence-electron chi connectivity index (χ3n) is 5.09. The van der Waals surface area contributed by atoms with Gasteiger partial charge in [-0.25, -0.2) is 0 Å². The average Bonchev–Trinajstić information content (AvgIpc) is 3.33. The smallest absolute Gasteiger partial charge is 0.238 e. The molecule has 0 radical (unpaired) electrons. The molecule has 4 rings (SSSR count). The molecule has 0 amide bonds. The first-order chi connectivity index (χ1) is 12.2. The third kappa shape index (κ3) is 4.12. The fourth-order valence-electron chi connectivity index (χ4n) is 3.45. The third-order valence-corrected chi connectivity index (χ3v) is 5.09. The Bertz CT molecular complexity index is 703. The first kappa shape index (κ1) is 16.4. The van der Waals surface area contributed by atoms with Crippen LogP contribution in [0.2, 0.25) is 0 Å². The van der Waals surface area contributed by atoms with Gasteiger partial charge in [-0.1, -0.05) is 6.07 Å². The molecule has 0 bridgehead atoms. The second kappa shape index (κ2) is 7.04. The van der Waals surface area contributed by atoms with E-state index in [0.717, 1.165) is 24.7 Å². The summed E-state index contributed by atoms with van der Waals surface area (Å²) in [6, 6.07) is 8.61. The summed E-state index contributed by atoms with van der Waals surface area (Å²) < 4.78 is 5.51. The maximum absolute atomic E-state index is 5.51. The van der Waals surface area contributed by atoms with Gasteiger partial charge < -0.3 is 14.6 Å². The maximum atomic E-state index is 5.51. The Balaban J connectivity index is 1.36. The van der Waals surface area contributed by atoms with Gasteiger partial charge >= 0.3 is 0 Å². The van der Waals surface area contributed by atoms with Crippen LogP contribution in [0.25, 0.3) is 0 Å². The molecule has 25 heavy (non-hydrogen) atoms. The number of benzene rings is 1. The number of anilines is 2. The molecule has 0 spiro atoms. The van der Waals surface area contributed by atoms with Crippen molar-refractivity contribution in [2.45, 2.75) is 32.7 Å². The van der Waals surface area contributed by atoms with E-state index < -0.39 is 0 Å². The molecule has 6 nitrogen and oxygen atoms in total. The monoisotopic (exact) mass is 341 g/mol. The van der Waals surface area contributed by atoms with Crippen molar-refractivity contribution in [3.63, 3.8) is 0 Å². The molecule has 2 aromatic rings. The lowest BCUT2D eigenvalue weighted by Crippen LogP contribution is -2.47. The van der Waals surface area contributed by atoms with Gasteiger partial charge in [-0.3, -0.25) is 4.90 Å². The Morgan fingerprint density at radius 3 is 2.68 bits per heavy atom. The molecular formula is C19H27N5O. The Morgan fingerprint density at radius 2 is 2.00 bits per heavy atom. The zero-order chi connectivity index (χ0) is 17.2. The summed E-state index contributed by atoms with van der Waals surface area (Å²) in [7, 11) is 0. The Hall–Kier alpha value is -2.08. The van der Waals surface area contributed by atoms with E-state index in [4.69, 9.17) is 4.42 Å². The lowest BCUT2D eigenvalue weighted by molar-refractivity contribution is 0.248. The van der Waals surface area contributed by atoms with Crippen LogP contribution in [-0.4, -0.2) is 47.8 Å². The molecule has 1 saturated heterocycles. The first-order valence-corrected chi connectivity index (χ1v) is 9.31. The Labute approximate surface area is 149 Å². The van der Waals surface area contributed by atoms with Crippen LogP contribution in [0.3, 0.4) is 0 Å². The number of aromatic nitrogens is 2. The topological polar surface area (TPSA) is 57.4 Å². The zero-order valence-corrected chi connectivity index (χ0v) is 15.1. The molecule has 1 atom stereocenters. The number of nitrogens with zero attached hydrogens (tertiary/aromatic N) is 4. The van der Waals surface area contributed by atoms with Gasteiger partial charge in [0.2, 0.25) is 11.8 Å². The lowest BCUT2D eigenvalue weighted by Gasteiger charge is -2.36. The Morgan fingerprint density at radius 1 is 1.20 bits per heavy atom. The highest BCUT2D eigenvalue weighted by Gasteiger charge is 2.26. The van der Waals surface area contributed by atoms with E-state index in [1.807, 2.05) is 13.8 Å². The number of hydrogen-bond donors (Lipinski definition) is 1. The second-order valence-corrected chi connectivity index (χ2v) is 7.31. The summed E-state index contributed by atoms with van der Waals surface area (Å²) in [6.07, 6.45) is 2.87. The summed E-state index contributed by atoms with van der Waals surface area (Å²) in [5, 5.41) is 11.5.